The van der Waals surface area contributed by atoms with Crippen LogP contribution in [0, 0.1) is 5.41 Å². The van der Waals surface area contributed by atoms with Gasteiger partial charge in [-0.2, -0.15) is 0 Å². The van der Waals surface area contributed by atoms with Crippen LogP contribution >= 0.6 is 0 Å². The first kappa shape index (κ1) is 21.1. The lowest BCUT2D eigenvalue weighted by Crippen LogP contribution is -2.34. The van der Waals surface area contributed by atoms with Gasteiger partial charge in [0.15, 0.2) is 0 Å². The van der Waals surface area contributed by atoms with E-state index in [0.29, 0.717) is 18.4 Å². The first-order valence-corrected chi connectivity index (χ1v) is 9.10. The van der Waals surface area contributed by atoms with Crippen molar-refractivity contribution in [3.05, 3.63) is 35.4 Å². The van der Waals surface area contributed by atoms with E-state index >= 15 is 0 Å². The Labute approximate surface area is 159 Å². The fourth-order valence-corrected chi connectivity index (χ4v) is 3.71. The van der Waals surface area contributed by atoms with Gasteiger partial charge in [-0.1, -0.05) is 32.9 Å². The molecule has 1 fully saturated rings. The predicted octanol–water partition coefficient (Wildman–Crippen LogP) is 3.11. The minimum Gasteiger partial charge on any atom is -0.481 e. The number of hydrogen-bond acceptors (Lipinski definition) is 5. The monoisotopic (exact) mass is 376 g/mol. The molecule has 0 spiro atoms. The Bertz CT molecular complexity index is 732. The highest BCUT2D eigenvalue weighted by Crippen LogP contribution is 2.52. The van der Waals surface area contributed by atoms with Crippen molar-refractivity contribution in [1.29, 1.82) is 0 Å². The van der Waals surface area contributed by atoms with E-state index in [1.165, 1.54) is 6.92 Å². The van der Waals surface area contributed by atoms with Gasteiger partial charge in [-0.05, 0) is 30.0 Å². The van der Waals surface area contributed by atoms with Gasteiger partial charge >= 0.3 is 11.9 Å². The van der Waals surface area contributed by atoms with Gasteiger partial charge in [0.05, 0.1) is 24.2 Å². The second kappa shape index (κ2) is 7.43. The number of esters is 1. The number of ketones is 1. The van der Waals surface area contributed by atoms with E-state index in [9.17, 15) is 19.5 Å². The third-order valence-electron chi connectivity index (χ3n) is 5.85. The molecule has 0 heterocycles. The predicted molar refractivity (Wildman–Crippen MR) is 99.6 cm³/mol. The Morgan fingerprint density at radius 3 is 2.22 bits per heavy atom. The number of benzene rings is 1. The molecule has 0 aliphatic heterocycles. The number of carbonyl (C=O) groups excluding carboxylic acids is 2. The van der Waals surface area contributed by atoms with Crippen LogP contribution < -0.4 is 0 Å². The van der Waals surface area contributed by atoms with Gasteiger partial charge in [-0.3, -0.25) is 9.59 Å². The van der Waals surface area contributed by atoms with Crippen LogP contribution in [0.1, 0.15) is 69.3 Å². The summed E-state index contributed by atoms with van der Waals surface area (Å²) in [6.07, 6.45) is 0.663. The van der Waals surface area contributed by atoms with Crippen LogP contribution in [-0.4, -0.2) is 40.1 Å². The lowest BCUT2D eigenvalue weighted by molar-refractivity contribution is -0.142. The third kappa shape index (κ3) is 4.75. The topological polar surface area (TPSA) is 101 Å². The van der Waals surface area contributed by atoms with Crippen molar-refractivity contribution < 1.29 is 29.3 Å². The van der Waals surface area contributed by atoms with E-state index in [0.717, 1.165) is 5.56 Å². The normalized spacial score (nSPS) is 23.7. The van der Waals surface area contributed by atoms with Crippen molar-refractivity contribution >= 4 is 17.7 Å². The number of carbonyl (C=O) groups is 3. The summed E-state index contributed by atoms with van der Waals surface area (Å²) >= 11 is 0. The Morgan fingerprint density at radius 2 is 1.74 bits per heavy atom. The molecule has 148 valence electrons. The van der Waals surface area contributed by atoms with E-state index in [-0.39, 0.29) is 29.6 Å². The minimum absolute atomic E-state index is 0.0392. The number of hydrogen-bond donors (Lipinski definition) is 2. The highest BCUT2D eigenvalue weighted by Gasteiger charge is 2.50. The third-order valence-corrected chi connectivity index (χ3v) is 5.85. The maximum Gasteiger partial charge on any atom is 0.338 e. The van der Waals surface area contributed by atoms with Crippen LogP contribution in [0.15, 0.2) is 24.3 Å². The SMILES string of the molecule is CC1(C)CC(=O)C[C@]1(C)c1ccc(C(=O)OCC[C@@](C)(O)CC(=O)O)cc1. The molecule has 1 aliphatic rings. The van der Waals surface area contributed by atoms with Crippen molar-refractivity contribution in [2.75, 3.05) is 6.61 Å². The number of rotatable bonds is 7. The molecule has 6 nitrogen and oxygen atoms in total. The Morgan fingerprint density at radius 1 is 1.15 bits per heavy atom. The van der Waals surface area contributed by atoms with Crippen LogP contribution in [0.3, 0.4) is 0 Å². The highest BCUT2D eigenvalue weighted by atomic mass is 16.5. The molecule has 2 atom stereocenters. The lowest BCUT2D eigenvalue weighted by Gasteiger charge is -2.38. The molecule has 2 rings (SSSR count). The zero-order valence-corrected chi connectivity index (χ0v) is 16.4. The molecule has 1 saturated carbocycles. The lowest BCUT2D eigenvalue weighted by atomic mass is 9.65. The molecule has 0 saturated heterocycles. The summed E-state index contributed by atoms with van der Waals surface area (Å²) in [7, 11) is 0. The van der Waals surface area contributed by atoms with Crippen LogP contribution in [0.5, 0.6) is 0 Å². The van der Waals surface area contributed by atoms with E-state index in [4.69, 9.17) is 9.84 Å². The second-order valence-electron chi connectivity index (χ2n) is 8.64. The fraction of sp³-hybridized carbons (Fsp3) is 0.571. The molecule has 0 amide bonds. The zero-order valence-electron chi connectivity index (χ0n) is 16.4. The molecule has 2 N–H and O–H groups in total. The number of aliphatic carboxylic acids is 1. The molecule has 1 aliphatic carbocycles. The van der Waals surface area contributed by atoms with Gasteiger partial charge in [-0.25, -0.2) is 4.79 Å². The average molecular weight is 376 g/mol. The number of carboxylic acid groups (broad SMARTS) is 1. The molecule has 0 unspecified atom stereocenters. The summed E-state index contributed by atoms with van der Waals surface area (Å²) in [4.78, 5) is 34.8. The fourth-order valence-electron chi connectivity index (χ4n) is 3.71. The number of Topliss-reactive ketones (excluding diaryl/α,β-unsaturated/α-hetero) is 1. The van der Waals surface area contributed by atoms with Crippen LogP contribution in [0.4, 0.5) is 0 Å². The second-order valence-corrected chi connectivity index (χ2v) is 8.64. The van der Waals surface area contributed by atoms with Crippen molar-refractivity contribution in [2.24, 2.45) is 5.41 Å². The number of carboxylic acids is 1. The summed E-state index contributed by atoms with van der Waals surface area (Å²) in [5, 5.41) is 18.7. The summed E-state index contributed by atoms with van der Waals surface area (Å²) in [5.74, 6) is -1.39. The summed E-state index contributed by atoms with van der Waals surface area (Å²) in [6.45, 7) is 7.58. The largest absolute Gasteiger partial charge is 0.481 e. The van der Waals surface area contributed by atoms with E-state index in [2.05, 4.69) is 20.8 Å². The molecule has 0 aromatic heterocycles. The smallest absolute Gasteiger partial charge is 0.338 e. The van der Waals surface area contributed by atoms with Crippen molar-refractivity contribution in [3.63, 3.8) is 0 Å². The van der Waals surface area contributed by atoms with Gasteiger partial charge in [-0.15, -0.1) is 0 Å². The van der Waals surface area contributed by atoms with Gasteiger partial charge in [0, 0.05) is 24.7 Å². The maximum atomic E-state index is 12.2. The Balaban J connectivity index is 2.00. The number of ether oxygens (including phenoxy) is 1. The zero-order chi connectivity index (χ0) is 20.5. The molecular weight excluding hydrogens is 348 g/mol. The quantitative estimate of drug-likeness (QED) is 0.709. The van der Waals surface area contributed by atoms with Crippen molar-refractivity contribution in [3.8, 4) is 0 Å². The van der Waals surface area contributed by atoms with E-state index in [1.807, 2.05) is 12.1 Å². The summed E-state index contributed by atoms with van der Waals surface area (Å²) in [6, 6.07) is 7.07. The van der Waals surface area contributed by atoms with Crippen molar-refractivity contribution in [2.45, 2.75) is 64.4 Å². The highest BCUT2D eigenvalue weighted by molar-refractivity contribution is 5.89. The van der Waals surface area contributed by atoms with Crippen LogP contribution in [-0.2, 0) is 19.7 Å². The van der Waals surface area contributed by atoms with Gasteiger partial charge in [0.25, 0.3) is 0 Å². The van der Waals surface area contributed by atoms with Crippen LogP contribution in [0.25, 0.3) is 0 Å². The molecule has 1 aromatic carbocycles. The molecule has 0 bridgehead atoms. The first-order chi connectivity index (χ1) is 12.4. The standard InChI is InChI=1S/C21H28O6/c1-19(2)11-16(22)12-21(19,4)15-7-5-14(6-8-15)18(25)27-10-9-20(3,26)13-17(23)24/h5-8,26H,9-13H2,1-4H3,(H,23,24)/t20-,21-/m1/s1. The van der Waals surface area contributed by atoms with Crippen molar-refractivity contribution in [1.82, 2.24) is 0 Å². The maximum absolute atomic E-state index is 12.2. The van der Waals surface area contributed by atoms with Gasteiger partial charge in [0.1, 0.15) is 5.78 Å². The van der Waals surface area contributed by atoms with E-state index < -0.39 is 24.0 Å². The summed E-state index contributed by atoms with van der Waals surface area (Å²) < 4.78 is 5.15. The average Bonchev–Trinajstić information content (AvgIpc) is 2.74. The number of aliphatic hydroxyl groups is 1. The molecule has 27 heavy (non-hydrogen) atoms. The molecule has 0 radical (unpaired) electrons. The van der Waals surface area contributed by atoms with Gasteiger partial charge in [0.2, 0.25) is 0 Å². The molecule has 6 heteroatoms. The van der Waals surface area contributed by atoms with E-state index in [1.54, 1.807) is 12.1 Å². The summed E-state index contributed by atoms with van der Waals surface area (Å²) in [5.41, 5.74) is -0.462. The Hall–Kier alpha value is -2.21. The molecule has 1 aromatic rings. The molecular formula is C21H28O6. The van der Waals surface area contributed by atoms with Gasteiger partial charge < -0.3 is 14.9 Å². The Kier molecular flexibility index (Phi) is 5.80. The first-order valence-electron chi connectivity index (χ1n) is 9.10. The minimum atomic E-state index is -1.43. The van der Waals surface area contributed by atoms with Crippen LogP contribution in [0.2, 0.25) is 0 Å².